The third-order valence-corrected chi connectivity index (χ3v) is 3.29. The van der Waals surface area contributed by atoms with E-state index < -0.39 is 6.04 Å². The molecule has 0 heterocycles. The van der Waals surface area contributed by atoms with E-state index in [1.165, 1.54) is 0 Å². The summed E-state index contributed by atoms with van der Waals surface area (Å²) >= 11 is 5.93. The second kappa shape index (κ2) is 7.36. The van der Waals surface area contributed by atoms with Gasteiger partial charge in [-0.2, -0.15) is 0 Å². The normalized spacial score (nSPS) is 13.7. The summed E-state index contributed by atoms with van der Waals surface area (Å²) in [5.74, 6) is 0.490. The van der Waals surface area contributed by atoms with E-state index >= 15 is 0 Å². The standard InChI is InChI=1S/C14H21ClN2O2/c1-4-9(3)13(16)14(18)17-11-8-10(15)6-7-12(11)19-5-2/h6-9,13H,4-5,16H2,1-3H3,(H,17,18)/t9?,13-/m0/s1. The van der Waals surface area contributed by atoms with Gasteiger partial charge in [-0.15, -0.1) is 0 Å². The van der Waals surface area contributed by atoms with Crippen LogP contribution in [0.25, 0.3) is 0 Å². The molecule has 1 amide bonds. The lowest BCUT2D eigenvalue weighted by atomic mass is 9.99. The molecule has 19 heavy (non-hydrogen) atoms. The van der Waals surface area contributed by atoms with E-state index in [1.54, 1.807) is 18.2 Å². The number of carbonyl (C=O) groups is 1. The van der Waals surface area contributed by atoms with Crippen molar-refractivity contribution < 1.29 is 9.53 Å². The first-order valence-electron chi connectivity index (χ1n) is 6.48. The zero-order chi connectivity index (χ0) is 14.4. The predicted molar refractivity (Wildman–Crippen MR) is 78.7 cm³/mol. The van der Waals surface area contributed by atoms with Gasteiger partial charge >= 0.3 is 0 Å². The number of ether oxygens (including phenoxy) is 1. The highest BCUT2D eigenvalue weighted by Crippen LogP contribution is 2.28. The number of anilines is 1. The molecule has 1 aromatic carbocycles. The average Bonchev–Trinajstić information content (AvgIpc) is 2.40. The van der Waals surface area contributed by atoms with Gasteiger partial charge in [-0.05, 0) is 31.0 Å². The first-order valence-corrected chi connectivity index (χ1v) is 6.86. The Morgan fingerprint density at radius 3 is 2.74 bits per heavy atom. The zero-order valence-electron chi connectivity index (χ0n) is 11.6. The highest BCUT2D eigenvalue weighted by atomic mass is 35.5. The molecule has 5 heteroatoms. The summed E-state index contributed by atoms with van der Waals surface area (Å²) in [6.45, 7) is 6.35. The summed E-state index contributed by atoms with van der Waals surface area (Å²) in [4.78, 5) is 12.0. The van der Waals surface area contributed by atoms with Gasteiger partial charge in [0.25, 0.3) is 0 Å². The molecule has 1 aromatic rings. The fraction of sp³-hybridized carbons (Fsp3) is 0.500. The van der Waals surface area contributed by atoms with Gasteiger partial charge in [-0.3, -0.25) is 4.79 Å². The van der Waals surface area contributed by atoms with Gasteiger partial charge < -0.3 is 15.8 Å². The quantitative estimate of drug-likeness (QED) is 0.844. The molecule has 0 fully saturated rings. The molecule has 0 saturated carbocycles. The van der Waals surface area contributed by atoms with Gasteiger partial charge in [0, 0.05) is 5.02 Å². The van der Waals surface area contributed by atoms with Crippen LogP contribution in [0.4, 0.5) is 5.69 Å². The molecule has 1 rings (SSSR count). The smallest absolute Gasteiger partial charge is 0.241 e. The van der Waals surface area contributed by atoms with Gasteiger partial charge in [0.1, 0.15) is 5.75 Å². The van der Waals surface area contributed by atoms with Crippen molar-refractivity contribution in [1.82, 2.24) is 0 Å². The molecule has 0 aliphatic carbocycles. The van der Waals surface area contributed by atoms with E-state index in [1.807, 2.05) is 20.8 Å². The second-order valence-corrected chi connectivity index (χ2v) is 4.91. The molecule has 0 aliphatic rings. The highest BCUT2D eigenvalue weighted by Gasteiger charge is 2.20. The average molecular weight is 285 g/mol. The molecule has 1 unspecified atom stereocenters. The summed E-state index contributed by atoms with van der Waals surface area (Å²) < 4.78 is 5.45. The minimum Gasteiger partial charge on any atom is -0.492 e. The maximum atomic E-state index is 12.0. The van der Waals surface area contributed by atoms with E-state index in [4.69, 9.17) is 22.1 Å². The van der Waals surface area contributed by atoms with E-state index in [-0.39, 0.29) is 11.8 Å². The lowest BCUT2D eigenvalue weighted by Crippen LogP contribution is -2.40. The number of halogens is 1. The van der Waals surface area contributed by atoms with Crippen molar-refractivity contribution in [2.24, 2.45) is 11.7 Å². The van der Waals surface area contributed by atoms with Gasteiger partial charge in [-0.1, -0.05) is 31.9 Å². The summed E-state index contributed by atoms with van der Waals surface area (Å²) in [6, 6.07) is 4.57. The first-order chi connectivity index (χ1) is 8.99. The van der Waals surface area contributed by atoms with E-state index in [0.29, 0.717) is 23.1 Å². The summed E-state index contributed by atoms with van der Waals surface area (Å²) in [6.07, 6.45) is 0.850. The molecule has 0 aromatic heterocycles. The maximum absolute atomic E-state index is 12.0. The summed E-state index contributed by atoms with van der Waals surface area (Å²) in [7, 11) is 0. The number of hydrogen-bond acceptors (Lipinski definition) is 3. The molecular formula is C14H21ClN2O2. The monoisotopic (exact) mass is 284 g/mol. The number of rotatable bonds is 6. The van der Waals surface area contributed by atoms with E-state index in [2.05, 4.69) is 5.32 Å². The topological polar surface area (TPSA) is 64.3 Å². The highest BCUT2D eigenvalue weighted by molar-refractivity contribution is 6.31. The Morgan fingerprint density at radius 1 is 1.47 bits per heavy atom. The maximum Gasteiger partial charge on any atom is 0.241 e. The summed E-state index contributed by atoms with van der Waals surface area (Å²) in [5, 5.41) is 3.32. The zero-order valence-corrected chi connectivity index (χ0v) is 12.3. The number of nitrogens with one attached hydrogen (secondary N) is 1. The minimum atomic E-state index is -0.543. The largest absolute Gasteiger partial charge is 0.492 e. The molecule has 106 valence electrons. The van der Waals surface area contributed by atoms with Crippen LogP contribution in [0.1, 0.15) is 27.2 Å². The molecule has 0 saturated heterocycles. The third kappa shape index (κ3) is 4.40. The van der Waals surface area contributed by atoms with Crippen molar-refractivity contribution in [3.8, 4) is 5.75 Å². The Morgan fingerprint density at radius 2 is 2.16 bits per heavy atom. The molecule has 0 aliphatic heterocycles. The van der Waals surface area contributed by atoms with Crippen molar-refractivity contribution in [3.05, 3.63) is 23.2 Å². The number of nitrogens with two attached hydrogens (primary N) is 1. The first kappa shape index (κ1) is 15.8. The van der Waals surface area contributed by atoms with Crippen LogP contribution in [0, 0.1) is 5.92 Å². The second-order valence-electron chi connectivity index (χ2n) is 4.47. The SMILES string of the molecule is CCOc1ccc(Cl)cc1NC(=O)[C@@H](N)C(C)CC. The van der Waals surface area contributed by atoms with Gasteiger partial charge in [-0.25, -0.2) is 0 Å². The Kier molecular flexibility index (Phi) is 6.12. The van der Waals surface area contributed by atoms with E-state index in [0.717, 1.165) is 6.42 Å². The fourth-order valence-corrected chi connectivity index (χ4v) is 1.78. The summed E-state index contributed by atoms with van der Waals surface area (Å²) in [5.41, 5.74) is 6.45. The Hall–Kier alpha value is -1.26. The molecule has 2 atom stereocenters. The van der Waals surface area contributed by atoms with Crippen LogP contribution in [0.2, 0.25) is 5.02 Å². The van der Waals surface area contributed by atoms with Crippen molar-refractivity contribution in [2.75, 3.05) is 11.9 Å². The van der Waals surface area contributed by atoms with Crippen molar-refractivity contribution in [3.63, 3.8) is 0 Å². The minimum absolute atomic E-state index is 0.120. The van der Waals surface area contributed by atoms with E-state index in [9.17, 15) is 4.79 Å². The van der Waals surface area contributed by atoms with Crippen LogP contribution in [0.3, 0.4) is 0 Å². The number of hydrogen-bond donors (Lipinski definition) is 2. The molecule has 0 radical (unpaired) electrons. The lowest BCUT2D eigenvalue weighted by Gasteiger charge is -2.19. The molecule has 0 bridgehead atoms. The van der Waals surface area contributed by atoms with Crippen LogP contribution in [-0.4, -0.2) is 18.6 Å². The Balaban J connectivity index is 2.85. The molecular weight excluding hydrogens is 264 g/mol. The van der Waals surface area contributed by atoms with Crippen LogP contribution < -0.4 is 15.8 Å². The van der Waals surface area contributed by atoms with Crippen LogP contribution in [0.5, 0.6) is 5.75 Å². The Labute approximate surface area is 119 Å². The van der Waals surface area contributed by atoms with Crippen molar-refractivity contribution >= 4 is 23.2 Å². The number of carbonyl (C=O) groups excluding carboxylic acids is 1. The van der Waals surface area contributed by atoms with Gasteiger partial charge in [0.15, 0.2) is 0 Å². The van der Waals surface area contributed by atoms with Crippen molar-refractivity contribution in [1.29, 1.82) is 0 Å². The van der Waals surface area contributed by atoms with Gasteiger partial charge in [0.2, 0.25) is 5.91 Å². The predicted octanol–water partition coefficient (Wildman–Crippen LogP) is 3.05. The third-order valence-electron chi connectivity index (χ3n) is 3.06. The lowest BCUT2D eigenvalue weighted by molar-refractivity contribution is -0.118. The number of benzene rings is 1. The van der Waals surface area contributed by atoms with Gasteiger partial charge in [0.05, 0.1) is 18.3 Å². The molecule has 0 spiro atoms. The van der Waals surface area contributed by atoms with Crippen molar-refractivity contribution in [2.45, 2.75) is 33.2 Å². The van der Waals surface area contributed by atoms with Crippen LogP contribution >= 0.6 is 11.6 Å². The molecule has 4 nitrogen and oxygen atoms in total. The Bertz CT molecular complexity index is 437. The van der Waals surface area contributed by atoms with Crippen LogP contribution in [-0.2, 0) is 4.79 Å². The fourth-order valence-electron chi connectivity index (χ4n) is 1.61. The van der Waals surface area contributed by atoms with Crippen LogP contribution in [0.15, 0.2) is 18.2 Å². The number of amides is 1. The molecule has 3 N–H and O–H groups in total.